The molecule has 2 nitrogen and oxygen atoms in total. The maximum Gasteiger partial charge on any atom is 0.0210 e. The minimum absolute atomic E-state index is 0.669. The Hall–Kier alpha value is -0.860. The van der Waals surface area contributed by atoms with Crippen molar-refractivity contribution in [1.82, 2.24) is 10.6 Å². The van der Waals surface area contributed by atoms with Crippen LogP contribution < -0.4 is 10.6 Å². The van der Waals surface area contributed by atoms with Crippen molar-refractivity contribution in [2.45, 2.75) is 32.4 Å². The van der Waals surface area contributed by atoms with E-state index in [0.29, 0.717) is 6.04 Å². The Morgan fingerprint density at radius 2 is 2.00 bits per heavy atom. The largest absolute Gasteiger partial charge is 0.310 e. The standard InChI is InChI=1S/C13H19N2/c1-11-4-2-3-5-12(11)10-15-13-6-8-14-9-7-13/h2-5,13,15H,6-10H2,1H3. The van der Waals surface area contributed by atoms with Gasteiger partial charge in [-0.15, -0.1) is 0 Å². The van der Waals surface area contributed by atoms with Gasteiger partial charge in [-0.05, 0) is 30.9 Å². The molecule has 1 aromatic carbocycles. The van der Waals surface area contributed by atoms with Crippen LogP contribution in [0.25, 0.3) is 0 Å². The second-order valence-corrected chi connectivity index (χ2v) is 4.25. The number of nitrogens with one attached hydrogen (secondary N) is 1. The molecule has 1 heterocycles. The molecule has 0 spiro atoms. The quantitative estimate of drug-likeness (QED) is 0.797. The van der Waals surface area contributed by atoms with Crippen LogP contribution in [0.15, 0.2) is 24.3 Å². The summed E-state index contributed by atoms with van der Waals surface area (Å²) in [7, 11) is 0. The van der Waals surface area contributed by atoms with Crippen LogP contribution in [0.4, 0.5) is 0 Å². The lowest BCUT2D eigenvalue weighted by molar-refractivity contribution is 0.382. The summed E-state index contributed by atoms with van der Waals surface area (Å²) in [4.78, 5) is 0. The average molecular weight is 203 g/mol. The first-order valence-corrected chi connectivity index (χ1v) is 5.77. The van der Waals surface area contributed by atoms with Gasteiger partial charge in [0.25, 0.3) is 0 Å². The van der Waals surface area contributed by atoms with E-state index in [1.165, 1.54) is 24.0 Å². The highest BCUT2D eigenvalue weighted by Crippen LogP contribution is 2.09. The van der Waals surface area contributed by atoms with E-state index in [1.807, 2.05) is 0 Å². The fourth-order valence-corrected chi connectivity index (χ4v) is 2.02. The van der Waals surface area contributed by atoms with Crippen LogP contribution in [0, 0.1) is 6.92 Å². The Balaban J connectivity index is 1.84. The van der Waals surface area contributed by atoms with E-state index in [0.717, 1.165) is 19.6 Å². The van der Waals surface area contributed by atoms with Crippen molar-refractivity contribution in [3.05, 3.63) is 35.4 Å². The third-order valence-corrected chi connectivity index (χ3v) is 3.11. The molecule has 1 saturated heterocycles. The lowest BCUT2D eigenvalue weighted by Crippen LogP contribution is -2.37. The molecule has 0 unspecified atom stereocenters. The van der Waals surface area contributed by atoms with E-state index in [1.54, 1.807) is 0 Å². The number of benzene rings is 1. The Morgan fingerprint density at radius 3 is 2.73 bits per heavy atom. The zero-order valence-electron chi connectivity index (χ0n) is 9.37. The molecule has 2 heteroatoms. The van der Waals surface area contributed by atoms with Gasteiger partial charge in [-0.2, -0.15) is 0 Å². The molecule has 1 N–H and O–H groups in total. The third-order valence-electron chi connectivity index (χ3n) is 3.11. The summed E-state index contributed by atoms with van der Waals surface area (Å²) in [5.41, 5.74) is 2.80. The summed E-state index contributed by atoms with van der Waals surface area (Å²) >= 11 is 0. The van der Waals surface area contributed by atoms with E-state index in [4.69, 9.17) is 0 Å². The molecule has 1 aliphatic rings. The maximum absolute atomic E-state index is 4.36. The molecular weight excluding hydrogens is 184 g/mol. The second kappa shape index (κ2) is 5.29. The third kappa shape index (κ3) is 3.05. The molecule has 81 valence electrons. The monoisotopic (exact) mass is 203 g/mol. The zero-order chi connectivity index (χ0) is 10.5. The molecule has 1 aromatic rings. The van der Waals surface area contributed by atoms with E-state index < -0.39 is 0 Å². The highest BCUT2D eigenvalue weighted by atomic mass is 15.0. The van der Waals surface area contributed by atoms with Crippen LogP contribution in [-0.4, -0.2) is 19.1 Å². The second-order valence-electron chi connectivity index (χ2n) is 4.25. The van der Waals surface area contributed by atoms with E-state index in [2.05, 4.69) is 41.8 Å². The lowest BCUT2D eigenvalue weighted by atomic mass is 10.0. The molecule has 0 saturated carbocycles. The van der Waals surface area contributed by atoms with Crippen molar-refractivity contribution < 1.29 is 0 Å². The van der Waals surface area contributed by atoms with Crippen LogP contribution >= 0.6 is 0 Å². The Bertz CT molecular complexity index is 303. The molecule has 0 aromatic heterocycles. The van der Waals surface area contributed by atoms with Crippen molar-refractivity contribution in [3.63, 3.8) is 0 Å². The van der Waals surface area contributed by atoms with Crippen LogP contribution in [0.3, 0.4) is 0 Å². The van der Waals surface area contributed by atoms with E-state index >= 15 is 0 Å². The van der Waals surface area contributed by atoms with Crippen molar-refractivity contribution in [1.29, 1.82) is 0 Å². The predicted molar refractivity (Wildman–Crippen MR) is 62.9 cm³/mol. The van der Waals surface area contributed by atoms with Gasteiger partial charge in [0, 0.05) is 25.7 Å². The Labute approximate surface area is 92.1 Å². The van der Waals surface area contributed by atoms with Gasteiger partial charge in [0.1, 0.15) is 0 Å². The number of hydrogen-bond acceptors (Lipinski definition) is 1. The summed E-state index contributed by atoms with van der Waals surface area (Å²) < 4.78 is 0. The fraction of sp³-hybridized carbons (Fsp3) is 0.538. The molecule has 0 aliphatic carbocycles. The highest BCUT2D eigenvalue weighted by molar-refractivity contribution is 5.25. The molecule has 0 bridgehead atoms. The molecule has 1 aliphatic heterocycles. The summed E-state index contributed by atoms with van der Waals surface area (Å²) in [5, 5.41) is 7.98. The molecule has 0 atom stereocenters. The minimum Gasteiger partial charge on any atom is -0.310 e. The number of piperidine rings is 1. The normalized spacial score (nSPS) is 17.9. The van der Waals surface area contributed by atoms with E-state index in [-0.39, 0.29) is 0 Å². The number of aryl methyl sites for hydroxylation is 1. The van der Waals surface area contributed by atoms with E-state index in [9.17, 15) is 0 Å². The maximum atomic E-state index is 4.36. The first kappa shape index (κ1) is 10.7. The molecule has 1 radical (unpaired) electrons. The van der Waals surface area contributed by atoms with Crippen LogP contribution in [0.2, 0.25) is 0 Å². The topological polar surface area (TPSA) is 26.1 Å². The van der Waals surface area contributed by atoms with Crippen LogP contribution in [0.5, 0.6) is 0 Å². The summed E-state index contributed by atoms with van der Waals surface area (Å²) in [6.45, 7) is 5.24. The molecule has 2 rings (SSSR count). The van der Waals surface area contributed by atoms with Crippen molar-refractivity contribution in [3.8, 4) is 0 Å². The van der Waals surface area contributed by atoms with Crippen LogP contribution in [-0.2, 0) is 6.54 Å². The van der Waals surface area contributed by atoms with Gasteiger partial charge >= 0.3 is 0 Å². The Kier molecular flexibility index (Phi) is 3.75. The predicted octanol–water partition coefficient (Wildman–Crippen LogP) is 1.85. The number of hydrogen-bond donors (Lipinski definition) is 1. The minimum atomic E-state index is 0.669. The molecule has 0 amide bonds. The zero-order valence-corrected chi connectivity index (χ0v) is 9.37. The van der Waals surface area contributed by atoms with Gasteiger partial charge in [0.2, 0.25) is 0 Å². The van der Waals surface area contributed by atoms with Gasteiger partial charge in [0.15, 0.2) is 0 Å². The highest BCUT2D eigenvalue weighted by Gasteiger charge is 2.12. The van der Waals surface area contributed by atoms with Crippen molar-refractivity contribution >= 4 is 0 Å². The molecular formula is C13H19N2. The van der Waals surface area contributed by atoms with Gasteiger partial charge in [-0.1, -0.05) is 24.3 Å². The van der Waals surface area contributed by atoms with Crippen molar-refractivity contribution in [2.75, 3.05) is 13.1 Å². The summed E-state index contributed by atoms with van der Waals surface area (Å²) in [6.07, 6.45) is 2.40. The smallest absolute Gasteiger partial charge is 0.0210 e. The fourth-order valence-electron chi connectivity index (χ4n) is 2.02. The first-order valence-electron chi connectivity index (χ1n) is 5.77. The summed E-state index contributed by atoms with van der Waals surface area (Å²) in [5.74, 6) is 0. The Morgan fingerprint density at radius 1 is 1.27 bits per heavy atom. The molecule has 15 heavy (non-hydrogen) atoms. The van der Waals surface area contributed by atoms with Gasteiger partial charge in [-0.3, -0.25) is 0 Å². The lowest BCUT2D eigenvalue weighted by Gasteiger charge is -2.23. The SMILES string of the molecule is Cc1ccccc1CNC1CC[N]CC1. The van der Waals surface area contributed by atoms with Gasteiger partial charge in [0.05, 0.1) is 0 Å². The first-order chi connectivity index (χ1) is 7.36. The average Bonchev–Trinajstić information content (AvgIpc) is 2.29. The van der Waals surface area contributed by atoms with Crippen molar-refractivity contribution in [2.24, 2.45) is 0 Å². The number of nitrogens with zero attached hydrogens (tertiary/aromatic N) is 1. The summed E-state index contributed by atoms with van der Waals surface area (Å²) in [6, 6.07) is 9.25. The number of rotatable bonds is 3. The van der Waals surface area contributed by atoms with Gasteiger partial charge in [-0.25, -0.2) is 5.32 Å². The van der Waals surface area contributed by atoms with Gasteiger partial charge < -0.3 is 5.32 Å². The van der Waals surface area contributed by atoms with Crippen LogP contribution in [0.1, 0.15) is 24.0 Å². The molecule has 1 fully saturated rings.